The van der Waals surface area contributed by atoms with E-state index < -0.39 is 34.2 Å². The van der Waals surface area contributed by atoms with Gasteiger partial charge in [0.2, 0.25) is 0 Å². The van der Waals surface area contributed by atoms with Gasteiger partial charge in [-0.1, -0.05) is 12.1 Å². The summed E-state index contributed by atoms with van der Waals surface area (Å²) in [6.07, 6.45) is 1.47. The predicted octanol–water partition coefficient (Wildman–Crippen LogP) is 3.82. The summed E-state index contributed by atoms with van der Waals surface area (Å²) in [6, 6.07) is 9.08. The first-order chi connectivity index (χ1) is 14.4. The van der Waals surface area contributed by atoms with E-state index in [0.717, 1.165) is 16.2 Å². The quantitative estimate of drug-likeness (QED) is 0.224. The Bertz CT molecular complexity index is 1170. The molecule has 2 aromatic carbocycles. The van der Waals surface area contributed by atoms with Crippen molar-refractivity contribution in [1.82, 2.24) is 4.98 Å². The van der Waals surface area contributed by atoms with Gasteiger partial charge in [-0.3, -0.25) is 24.6 Å². The number of aliphatic hydroxyl groups excluding tert-OH is 1. The fourth-order valence-corrected chi connectivity index (χ4v) is 3.89. The summed E-state index contributed by atoms with van der Waals surface area (Å²) in [5, 5.41) is 23.6. The molecular formula is C20H12FN3O5S. The summed E-state index contributed by atoms with van der Waals surface area (Å²) in [5.41, 5.74) is 0.125. The van der Waals surface area contributed by atoms with Gasteiger partial charge in [-0.05, 0) is 29.8 Å². The number of ketones is 1. The molecule has 0 radical (unpaired) electrons. The topological polar surface area (TPSA) is 114 Å². The Hall–Kier alpha value is -3.92. The highest BCUT2D eigenvalue weighted by Crippen LogP contribution is 2.42. The van der Waals surface area contributed by atoms with Crippen LogP contribution >= 0.6 is 11.3 Å². The molecule has 1 aliphatic heterocycles. The van der Waals surface area contributed by atoms with Crippen molar-refractivity contribution in [3.8, 4) is 0 Å². The molecule has 1 unspecified atom stereocenters. The fourth-order valence-electron chi connectivity index (χ4n) is 3.22. The van der Waals surface area contributed by atoms with Crippen molar-refractivity contribution in [2.75, 3.05) is 4.90 Å². The highest BCUT2D eigenvalue weighted by atomic mass is 32.1. The number of carbonyl (C=O) groups is 2. The lowest BCUT2D eigenvalue weighted by Crippen LogP contribution is -2.29. The van der Waals surface area contributed by atoms with Crippen molar-refractivity contribution in [3.63, 3.8) is 0 Å². The first-order valence-corrected chi connectivity index (χ1v) is 9.47. The molecule has 150 valence electrons. The van der Waals surface area contributed by atoms with Gasteiger partial charge in [-0.15, -0.1) is 11.3 Å². The zero-order chi connectivity index (χ0) is 21.4. The molecule has 1 aromatic heterocycles. The van der Waals surface area contributed by atoms with Crippen molar-refractivity contribution in [2.45, 2.75) is 6.04 Å². The normalized spacial score (nSPS) is 18.0. The number of non-ortho nitro benzene ring substituents is 1. The molecule has 1 amide bonds. The Balaban J connectivity index is 1.90. The molecule has 4 rings (SSSR count). The number of nitro benzene ring substituents is 1. The standard InChI is InChI=1S/C20H12FN3O5S/c21-13-5-1-11(2-6-13)16-15(17(25)12-3-7-14(8-4-12)24(28)29)18(26)19(27)23(16)20-22-9-10-30-20/h1-10,16,25H. The lowest BCUT2D eigenvalue weighted by Gasteiger charge is -2.22. The first kappa shape index (κ1) is 19.4. The molecular weight excluding hydrogens is 413 g/mol. The van der Waals surface area contributed by atoms with Crippen LogP contribution in [0.4, 0.5) is 15.2 Å². The molecule has 1 fully saturated rings. The van der Waals surface area contributed by atoms with Crippen LogP contribution in [0.5, 0.6) is 0 Å². The maximum absolute atomic E-state index is 13.4. The van der Waals surface area contributed by atoms with Crippen LogP contribution in [-0.2, 0) is 9.59 Å². The van der Waals surface area contributed by atoms with Crippen LogP contribution < -0.4 is 4.90 Å². The molecule has 2 heterocycles. The molecule has 30 heavy (non-hydrogen) atoms. The minimum absolute atomic E-state index is 0.129. The van der Waals surface area contributed by atoms with Gasteiger partial charge in [0.1, 0.15) is 11.6 Å². The molecule has 0 bridgehead atoms. The summed E-state index contributed by atoms with van der Waals surface area (Å²) in [7, 11) is 0. The minimum atomic E-state index is -1.04. The van der Waals surface area contributed by atoms with Crippen LogP contribution in [-0.4, -0.2) is 26.7 Å². The largest absolute Gasteiger partial charge is 0.507 e. The zero-order valence-corrected chi connectivity index (χ0v) is 15.9. The second-order valence-corrected chi connectivity index (χ2v) is 7.21. The van der Waals surface area contributed by atoms with Crippen LogP contribution in [0.3, 0.4) is 0 Å². The van der Waals surface area contributed by atoms with Crippen LogP contribution in [0.1, 0.15) is 17.2 Å². The molecule has 10 heteroatoms. The van der Waals surface area contributed by atoms with E-state index in [1.807, 2.05) is 0 Å². The minimum Gasteiger partial charge on any atom is -0.507 e. The van der Waals surface area contributed by atoms with Gasteiger partial charge < -0.3 is 5.11 Å². The van der Waals surface area contributed by atoms with E-state index in [4.69, 9.17) is 0 Å². The summed E-state index contributed by atoms with van der Waals surface area (Å²) >= 11 is 1.13. The molecule has 3 aromatic rings. The van der Waals surface area contributed by atoms with Gasteiger partial charge >= 0.3 is 5.91 Å². The van der Waals surface area contributed by atoms with Crippen molar-refractivity contribution in [3.05, 3.63) is 92.7 Å². The van der Waals surface area contributed by atoms with Crippen LogP contribution in [0, 0.1) is 15.9 Å². The van der Waals surface area contributed by atoms with E-state index in [9.17, 15) is 29.2 Å². The Labute approximate surface area is 172 Å². The van der Waals surface area contributed by atoms with E-state index in [1.165, 1.54) is 54.7 Å². The first-order valence-electron chi connectivity index (χ1n) is 8.59. The molecule has 1 N–H and O–H groups in total. The third-order valence-electron chi connectivity index (χ3n) is 4.61. The average molecular weight is 425 g/mol. The number of aliphatic hydroxyl groups is 1. The molecule has 8 nitrogen and oxygen atoms in total. The van der Waals surface area contributed by atoms with Gasteiger partial charge in [0.05, 0.1) is 16.5 Å². The molecule has 0 aliphatic carbocycles. The number of aromatic nitrogens is 1. The number of rotatable bonds is 4. The smallest absolute Gasteiger partial charge is 0.301 e. The van der Waals surface area contributed by atoms with Crippen LogP contribution in [0.2, 0.25) is 0 Å². The lowest BCUT2D eigenvalue weighted by atomic mass is 9.95. The second-order valence-electron chi connectivity index (χ2n) is 6.34. The van der Waals surface area contributed by atoms with E-state index in [1.54, 1.807) is 5.38 Å². The number of hydrogen-bond donors (Lipinski definition) is 1. The molecule has 0 spiro atoms. The number of hydrogen-bond acceptors (Lipinski definition) is 7. The third-order valence-corrected chi connectivity index (χ3v) is 5.38. The van der Waals surface area contributed by atoms with Crippen LogP contribution in [0.25, 0.3) is 5.76 Å². The number of thiazole rings is 1. The maximum atomic E-state index is 13.4. The summed E-state index contributed by atoms with van der Waals surface area (Å²) in [6.45, 7) is 0. The number of benzene rings is 2. The van der Waals surface area contributed by atoms with E-state index >= 15 is 0 Å². The SMILES string of the molecule is O=C1C(=O)N(c2nccs2)C(c2ccc(F)cc2)C1=C(O)c1ccc([N+](=O)[O-])cc1. The fraction of sp³-hybridized carbons (Fsp3) is 0.0500. The third kappa shape index (κ3) is 3.22. The maximum Gasteiger partial charge on any atom is 0.301 e. The summed E-state index contributed by atoms with van der Waals surface area (Å²) in [4.78, 5) is 41.1. The zero-order valence-electron chi connectivity index (χ0n) is 15.1. The molecule has 1 saturated heterocycles. The van der Waals surface area contributed by atoms with Gasteiger partial charge in [0, 0.05) is 29.3 Å². The van der Waals surface area contributed by atoms with Crippen molar-refractivity contribution >= 4 is 39.6 Å². The lowest BCUT2D eigenvalue weighted by molar-refractivity contribution is -0.384. The predicted molar refractivity (Wildman–Crippen MR) is 106 cm³/mol. The Morgan fingerprint density at radius 2 is 1.80 bits per heavy atom. The van der Waals surface area contributed by atoms with Crippen molar-refractivity contribution in [1.29, 1.82) is 0 Å². The summed E-state index contributed by atoms with van der Waals surface area (Å²) < 4.78 is 13.4. The molecule has 1 aliphatic rings. The number of nitrogens with zero attached hydrogens (tertiary/aromatic N) is 3. The van der Waals surface area contributed by atoms with Crippen molar-refractivity contribution in [2.24, 2.45) is 0 Å². The monoisotopic (exact) mass is 425 g/mol. The average Bonchev–Trinajstić information content (AvgIpc) is 3.35. The number of anilines is 1. The summed E-state index contributed by atoms with van der Waals surface area (Å²) in [5.74, 6) is -2.81. The second kappa shape index (κ2) is 7.48. The van der Waals surface area contributed by atoms with Gasteiger partial charge in [0.25, 0.3) is 11.5 Å². The van der Waals surface area contributed by atoms with E-state index in [2.05, 4.69) is 4.98 Å². The van der Waals surface area contributed by atoms with Gasteiger partial charge in [-0.25, -0.2) is 9.37 Å². The number of amides is 1. The Morgan fingerprint density at radius 1 is 1.13 bits per heavy atom. The van der Waals surface area contributed by atoms with E-state index in [-0.39, 0.29) is 22.0 Å². The Morgan fingerprint density at radius 3 is 2.37 bits per heavy atom. The number of Topliss-reactive ketones (excluding diaryl/α,β-unsaturated/α-hetero) is 1. The number of nitro groups is 1. The molecule has 1 atom stereocenters. The van der Waals surface area contributed by atoms with E-state index in [0.29, 0.717) is 5.56 Å². The number of halogens is 1. The molecule has 0 saturated carbocycles. The highest BCUT2D eigenvalue weighted by Gasteiger charge is 2.47. The van der Waals surface area contributed by atoms with Crippen molar-refractivity contribution < 1.29 is 24.0 Å². The highest BCUT2D eigenvalue weighted by molar-refractivity contribution is 7.14. The van der Waals surface area contributed by atoms with Gasteiger partial charge in [-0.2, -0.15) is 0 Å². The van der Waals surface area contributed by atoms with Crippen LogP contribution in [0.15, 0.2) is 65.7 Å². The Kier molecular flexibility index (Phi) is 4.84. The number of carbonyl (C=O) groups excluding carboxylic acids is 2. The van der Waals surface area contributed by atoms with Gasteiger partial charge in [0.15, 0.2) is 5.13 Å².